The highest BCUT2D eigenvalue weighted by atomic mass is 19.1. The molecule has 0 unspecified atom stereocenters. The van der Waals surface area contributed by atoms with Crippen LogP contribution in [0.1, 0.15) is 41.7 Å². The number of rotatable bonds is 7. The summed E-state index contributed by atoms with van der Waals surface area (Å²) in [6.07, 6.45) is 1.64. The van der Waals surface area contributed by atoms with Gasteiger partial charge in [0.25, 0.3) is 5.91 Å². The van der Waals surface area contributed by atoms with Gasteiger partial charge in [0.1, 0.15) is 11.6 Å². The van der Waals surface area contributed by atoms with Crippen LogP contribution in [0.2, 0.25) is 0 Å². The second kappa shape index (κ2) is 8.31. The van der Waals surface area contributed by atoms with Crippen LogP contribution in [0.15, 0.2) is 47.1 Å². The molecule has 2 heterocycles. The Morgan fingerprint density at radius 3 is 2.70 bits per heavy atom. The van der Waals surface area contributed by atoms with Crippen molar-refractivity contribution in [3.05, 3.63) is 65.5 Å². The maximum absolute atomic E-state index is 13.5. The summed E-state index contributed by atoms with van der Waals surface area (Å²) < 4.78 is 19.1. The fourth-order valence-corrected chi connectivity index (χ4v) is 3.36. The van der Waals surface area contributed by atoms with E-state index in [1.807, 2.05) is 12.1 Å². The molecule has 0 aliphatic rings. The van der Waals surface area contributed by atoms with Gasteiger partial charge in [-0.1, -0.05) is 13.8 Å². The highest BCUT2D eigenvalue weighted by molar-refractivity contribution is 6.06. The first-order valence-corrected chi connectivity index (χ1v) is 9.16. The molecule has 1 aromatic carbocycles. The predicted octanol–water partition coefficient (Wildman–Crippen LogP) is 4.09. The molecule has 0 spiro atoms. The Labute approximate surface area is 158 Å². The van der Waals surface area contributed by atoms with Gasteiger partial charge in [0.05, 0.1) is 23.4 Å². The van der Waals surface area contributed by atoms with Crippen LogP contribution < -0.4 is 5.32 Å². The number of halogens is 1. The lowest BCUT2D eigenvalue weighted by molar-refractivity contribution is 0.0931. The van der Waals surface area contributed by atoms with Crippen LogP contribution in [0.4, 0.5) is 4.39 Å². The maximum atomic E-state index is 13.5. The molecular weight excluding hydrogens is 345 g/mol. The van der Waals surface area contributed by atoms with Gasteiger partial charge in [-0.2, -0.15) is 0 Å². The van der Waals surface area contributed by atoms with Crippen molar-refractivity contribution in [2.45, 2.75) is 26.8 Å². The molecule has 0 fully saturated rings. The second-order valence-corrected chi connectivity index (χ2v) is 6.44. The van der Waals surface area contributed by atoms with Gasteiger partial charge in [0.2, 0.25) is 0 Å². The van der Waals surface area contributed by atoms with E-state index >= 15 is 0 Å². The molecule has 27 heavy (non-hydrogen) atoms. The molecule has 0 aliphatic carbocycles. The fraction of sp³-hybridized carbons (Fsp3) is 0.333. The molecule has 2 aromatic heterocycles. The average Bonchev–Trinajstić information content (AvgIpc) is 3.18. The smallest absolute Gasteiger partial charge is 0.252 e. The molecule has 0 saturated heterocycles. The minimum Gasteiger partial charge on any atom is -0.468 e. The molecule has 6 heteroatoms. The number of fused-ring (bicyclic) bond motifs is 1. The van der Waals surface area contributed by atoms with Crippen LogP contribution in [-0.4, -0.2) is 35.4 Å². The molecule has 3 rings (SSSR count). The van der Waals surface area contributed by atoms with Crippen molar-refractivity contribution in [1.29, 1.82) is 0 Å². The number of benzene rings is 1. The number of nitrogens with one attached hydrogen (secondary N) is 1. The minimum absolute atomic E-state index is 0.0504. The summed E-state index contributed by atoms with van der Waals surface area (Å²) in [6, 6.07) is 9.74. The molecule has 142 valence electrons. The quantitative estimate of drug-likeness (QED) is 0.682. The van der Waals surface area contributed by atoms with Crippen LogP contribution in [0.3, 0.4) is 0 Å². The molecule has 1 N–H and O–H groups in total. The lowest BCUT2D eigenvalue weighted by Gasteiger charge is -2.28. The lowest BCUT2D eigenvalue weighted by Crippen LogP contribution is -2.38. The van der Waals surface area contributed by atoms with Crippen molar-refractivity contribution in [2.24, 2.45) is 0 Å². The molecule has 0 radical (unpaired) electrons. The highest BCUT2D eigenvalue weighted by Crippen LogP contribution is 2.22. The average molecular weight is 369 g/mol. The van der Waals surface area contributed by atoms with Crippen molar-refractivity contribution in [3.8, 4) is 0 Å². The molecule has 1 amide bonds. The number of likely N-dealkylation sites (N-methyl/N-ethyl adjacent to an activating group) is 1. The number of carbonyl (C=O) groups is 1. The summed E-state index contributed by atoms with van der Waals surface area (Å²) in [7, 11) is 0. The lowest BCUT2D eigenvalue weighted by atomic mass is 10.1. The first-order chi connectivity index (χ1) is 13.0. The zero-order chi connectivity index (χ0) is 19.4. The predicted molar refractivity (Wildman–Crippen MR) is 103 cm³/mol. The summed E-state index contributed by atoms with van der Waals surface area (Å²) in [6.45, 7) is 8.05. The molecule has 3 aromatic rings. The largest absolute Gasteiger partial charge is 0.468 e. The van der Waals surface area contributed by atoms with E-state index in [4.69, 9.17) is 4.42 Å². The zero-order valence-electron chi connectivity index (χ0n) is 15.8. The van der Waals surface area contributed by atoms with E-state index in [1.165, 1.54) is 12.1 Å². The van der Waals surface area contributed by atoms with E-state index in [9.17, 15) is 9.18 Å². The van der Waals surface area contributed by atoms with E-state index in [0.29, 0.717) is 28.7 Å². The minimum atomic E-state index is -0.369. The maximum Gasteiger partial charge on any atom is 0.252 e. The first kappa shape index (κ1) is 19.0. The van der Waals surface area contributed by atoms with Crippen LogP contribution in [0.25, 0.3) is 10.9 Å². The van der Waals surface area contributed by atoms with E-state index in [0.717, 1.165) is 18.8 Å². The Bertz CT molecular complexity index is 915. The van der Waals surface area contributed by atoms with E-state index < -0.39 is 0 Å². The summed E-state index contributed by atoms with van der Waals surface area (Å²) >= 11 is 0. The molecular formula is C21H24FN3O2. The summed E-state index contributed by atoms with van der Waals surface area (Å²) in [5.74, 6) is 0.240. The van der Waals surface area contributed by atoms with Crippen molar-refractivity contribution in [2.75, 3.05) is 19.6 Å². The van der Waals surface area contributed by atoms with Crippen LogP contribution in [-0.2, 0) is 0 Å². The number of hydrogen-bond donors (Lipinski definition) is 1. The van der Waals surface area contributed by atoms with Gasteiger partial charge in [-0.05, 0) is 50.3 Å². The Hall–Kier alpha value is -2.73. The number of hydrogen-bond acceptors (Lipinski definition) is 4. The van der Waals surface area contributed by atoms with Gasteiger partial charge in [0.15, 0.2) is 0 Å². The SMILES string of the molecule is CCN(CC)[C@@H](CNC(=O)c1cc(C)nc2cc(F)ccc12)c1ccco1. The van der Waals surface area contributed by atoms with Crippen molar-refractivity contribution < 1.29 is 13.6 Å². The van der Waals surface area contributed by atoms with Crippen molar-refractivity contribution in [1.82, 2.24) is 15.2 Å². The topological polar surface area (TPSA) is 58.4 Å². The van der Waals surface area contributed by atoms with Gasteiger partial charge < -0.3 is 9.73 Å². The Morgan fingerprint density at radius 1 is 1.26 bits per heavy atom. The van der Waals surface area contributed by atoms with Crippen LogP contribution in [0.5, 0.6) is 0 Å². The first-order valence-electron chi connectivity index (χ1n) is 9.16. The van der Waals surface area contributed by atoms with E-state index in [-0.39, 0.29) is 17.8 Å². The number of furan rings is 1. The number of nitrogens with zero attached hydrogens (tertiary/aromatic N) is 2. The molecule has 0 aliphatic heterocycles. The highest BCUT2D eigenvalue weighted by Gasteiger charge is 2.22. The van der Waals surface area contributed by atoms with Gasteiger partial charge >= 0.3 is 0 Å². The fourth-order valence-electron chi connectivity index (χ4n) is 3.36. The van der Waals surface area contributed by atoms with Gasteiger partial charge in [0, 0.05) is 23.7 Å². The second-order valence-electron chi connectivity index (χ2n) is 6.44. The summed E-state index contributed by atoms with van der Waals surface area (Å²) in [5.41, 5.74) is 1.64. The molecule has 5 nitrogen and oxygen atoms in total. The van der Waals surface area contributed by atoms with Crippen molar-refractivity contribution >= 4 is 16.8 Å². The Balaban J connectivity index is 1.85. The molecule has 1 atom stereocenters. The van der Waals surface area contributed by atoms with E-state index in [1.54, 1.807) is 25.3 Å². The summed E-state index contributed by atoms with van der Waals surface area (Å²) in [4.78, 5) is 19.4. The normalized spacial score (nSPS) is 12.5. The number of pyridine rings is 1. The van der Waals surface area contributed by atoms with Crippen LogP contribution >= 0.6 is 0 Å². The van der Waals surface area contributed by atoms with Gasteiger partial charge in [-0.15, -0.1) is 0 Å². The Kier molecular flexibility index (Phi) is 5.86. The molecule has 0 bridgehead atoms. The van der Waals surface area contributed by atoms with Gasteiger partial charge in [-0.3, -0.25) is 14.7 Å². The molecule has 0 saturated carbocycles. The number of carbonyl (C=O) groups excluding carboxylic acids is 1. The third-order valence-corrected chi connectivity index (χ3v) is 4.73. The van der Waals surface area contributed by atoms with Gasteiger partial charge in [-0.25, -0.2) is 4.39 Å². The zero-order valence-corrected chi connectivity index (χ0v) is 15.8. The number of aromatic nitrogens is 1. The summed E-state index contributed by atoms with van der Waals surface area (Å²) in [5, 5.41) is 3.64. The van der Waals surface area contributed by atoms with E-state index in [2.05, 4.69) is 29.0 Å². The Morgan fingerprint density at radius 2 is 2.04 bits per heavy atom. The third-order valence-electron chi connectivity index (χ3n) is 4.73. The monoisotopic (exact) mass is 369 g/mol. The number of aryl methyl sites for hydroxylation is 1. The van der Waals surface area contributed by atoms with Crippen molar-refractivity contribution in [3.63, 3.8) is 0 Å². The third kappa shape index (κ3) is 4.17. The number of amides is 1. The standard InChI is InChI=1S/C21H24FN3O2/c1-4-25(5-2)19(20-7-6-10-27-20)13-23-21(26)17-11-14(3)24-18-12-15(22)8-9-16(17)18/h6-12,19H,4-5,13H2,1-3H3,(H,23,26)/t19-/m0/s1. The van der Waals surface area contributed by atoms with Crippen LogP contribution in [0, 0.1) is 12.7 Å².